The second-order valence-corrected chi connectivity index (χ2v) is 12.1. The number of benzene rings is 1. The van der Waals surface area contributed by atoms with Crippen LogP contribution in [0.1, 0.15) is 56.5 Å². The van der Waals surface area contributed by atoms with Gasteiger partial charge in [-0.1, -0.05) is 50.0 Å². The molecule has 0 unspecified atom stereocenters. The molecule has 42 heavy (non-hydrogen) atoms. The van der Waals surface area contributed by atoms with Gasteiger partial charge in [0.25, 0.3) is 5.91 Å². The topological polar surface area (TPSA) is 104 Å². The number of aromatic nitrogens is 3. The fraction of sp³-hybridized carbons (Fsp3) is 0.500. The number of amides is 2. The zero-order valence-corrected chi connectivity index (χ0v) is 25.6. The molecule has 3 heterocycles. The molecule has 1 aromatic carbocycles. The summed E-state index contributed by atoms with van der Waals surface area (Å²) in [5.74, 6) is -1.28. The Balaban J connectivity index is 1.68. The number of pyridine rings is 1. The fourth-order valence-electron chi connectivity index (χ4n) is 4.70. The molecule has 228 valence electrons. The number of anilines is 3. The van der Waals surface area contributed by atoms with Crippen LogP contribution in [0.5, 0.6) is 0 Å². The van der Waals surface area contributed by atoms with E-state index >= 15 is 0 Å². The molecule has 4 rings (SSSR count). The van der Waals surface area contributed by atoms with Crippen molar-refractivity contribution < 1.29 is 22.8 Å². The SMILES string of the molecule is CCNC(=O)c1cc2nc(Nc3c(Cl)ccc(CNC(=O)C(C)(C)C)c3Cl)n(C)c2nc1N1CCC(C(F)(F)F)CC1. The van der Waals surface area contributed by atoms with Gasteiger partial charge in [-0.25, -0.2) is 9.97 Å². The van der Waals surface area contributed by atoms with Gasteiger partial charge in [-0.3, -0.25) is 14.2 Å². The van der Waals surface area contributed by atoms with E-state index in [9.17, 15) is 22.8 Å². The molecular formula is C28H34Cl2F3N7O2. The fourth-order valence-corrected chi connectivity index (χ4v) is 5.23. The number of carbonyl (C=O) groups is 2. The van der Waals surface area contributed by atoms with Crippen LogP contribution in [0.15, 0.2) is 18.2 Å². The molecule has 0 aliphatic carbocycles. The summed E-state index contributed by atoms with van der Waals surface area (Å²) in [6.07, 6.45) is -4.42. The number of hydrogen-bond donors (Lipinski definition) is 3. The molecule has 0 saturated carbocycles. The molecule has 14 heteroatoms. The number of nitrogens with zero attached hydrogens (tertiary/aromatic N) is 4. The second-order valence-electron chi connectivity index (χ2n) is 11.3. The van der Waals surface area contributed by atoms with Crippen LogP contribution in [-0.4, -0.2) is 52.2 Å². The highest BCUT2D eigenvalue weighted by atomic mass is 35.5. The van der Waals surface area contributed by atoms with Gasteiger partial charge in [0.15, 0.2) is 5.65 Å². The molecule has 1 aliphatic heterocycles. The van der Waals surface area contributed by atoms with E-state index in [-0.39, 0.29) is 43.9 Å². The zero-order chi connectivity index (χ0) is 31.0. The second kappa shape index (κ2) is 12.2. The maximum Gasteiger partial charge on any atom is 0.391 e. The van der Waals surface area contributed by atoms with Gasteiger partial charge in [0.1, 0.15) is 11.3 Å². The number of nitrogens with one attached hydrogen (secondary N) is 3. The van der Waals surface area contributed by atoms with Gasteiger partial charge < -0.3 is 20.9 Å². The van der Waals surface area contributed by atoms with E-state index in [1.54, 1.807) is 41.6 Å². The number of carbonyl (C=O) groups excluding carboxylic acids is 2. The third-order valence-electron chi connectivity index (χ3n) is 7.19. The highest BCUT2D eigenvalue weighted by Gasteiger charge is 2.41. The summed E-state index contributed by atoms with van der Waals surface area (Å²) in [7, 11) is 1.71. The quantitative estimate of drug-likeness (QED) is 0.288. The number of aryl methyl sites for hydroxylation is 1. The number of fused-ring (bicyclic) bond motifs is 1. The van der Waals surface area contributed by atoms with Crippen LogP contribution in [0.4, 0.5) is 30.6 Å². The lowest BCUT2D eigenvalue weighted by atomic mass is 9.95. The predicted octanol–water partition coefficient (Wildman–Crippen LogP) is 6.21. The average molecular weight is 629 g/mol. The van der Waals surface area contributed by atoms with Crippen molar-refractivity contribution in [3.8, 4) is 0 Å². The predicted molar refractivity (Wildman–Crippen MR) is 159 cm³/mol. The third kappa shape index (κ3) is 6.70. The molecule has 2 aromatic heterocycles. The van der Waals surface area contributed by atoms with E-state index in [0.29, 0.717) is 50.8 Å². The maximum atomic E-state index is 13.3. The first kappa shape index (κ1) is 31.7. The zero-order valence-electron chi connectivity index (χ0n) is 24.0. The van der Waals surface area contributed by atoms with Gasteiger partial charge in [0, 0.05) is 38.6 Å². The van der Waals surface area contributed by atoms with Crippen molar-refractivity contribution in [2.45, 2.75) is 53.3 Å². The summed E-state index contributed by atoms with van der Waals surface area (Å²) in [5, 5.41) is 9.39. The van der Waals surface area contributed by atoms with Crippen LogP contribution in [-0.2, 0) is 18.4 Å². The standard InChI is InChI=1S/C28H34Cl2F3N7O2/c1-6-34-24(41)17-13-19-23(38-22(17)40-11-9-16(10-12-40)28(31,32)33)39(5)26(36-19)37-21-18(29)8-7-15(20(21)30)14-35-25(42)27(2,3)4/h7-8,13,16H,6,9-12,14H2,1-5H3,(H,34,41)(H,35,42)(H,36,37). The average Bonchev–Trinajstić information content (AvgIpc) is 3.22. The number of imidazole rings is 1. The van der Waals surface area contributed by atoms with Crippen molar-refractivity contribution in [3.05, 3.63) is 39.4 Å². The van der Waals surface area contributed by atoms with Gasteiger partial charge in [0.2, 0.25) is 11.9 Å². The Labute approximate surface area is 252 Å². The highest BCUT2D eigenvalue weighted by Crippen LogP contribution is 2.38. The Morgan fingerprint density at radius 2 is 1.74 bits per heavy atom. The van der Waals surface area contributed by atoms with E-state index in [1.165, 1.54) is 0 Å². The number of halogens is 5. The molecule has 1 aliphatic rings. The van der Waals surface area contributed by atoms with Gasteiger partial charge in [-0.05, 0) is 37.5 Å². The van der Waals surface area contributed by atoms with Crippen molar-refractivity contribution >= 4 is 63.6 Å². The molecule has 0 radical (unpaired) electrons. The van der Waals surface area contributed by atoms with Crippen molar-refractivity contribution in [3.63, 3.8) is 0 Å². The van der Waals surface area contributed by atoms with Crippen LogP contribution in [0.2, 0.25) is 10.0 Å². The molecule has 1 saturated heterocycles. The van der Waals surface area contributed by atoms with Crippen LogP contribution in [0, 0.1) is 11.3 Å². The van der Waals surface area contributed by atoms with Crippen molar-refractivity contribution in [2.24, 2.45) is 18.4 Å². The maximum absolute atomic E-state index is 13.3. The molecule has 9 nitrogen and oxygen atoms in total. The van der Waals surface area contributed by atoms with E-state index in [0.717, 1.165) is 0 Å². The van der Waals surface area contributed by atoms with Gasteiger partial charge in [0.05, 0.1) is 27.2 Å². The minimum atomic E-state index is -4.26. The Morgan fingerprint density at radius 1 is 1.07 bits per heavy atom. The Hall–Kier alpha value is -3.25. The van der Waals surface area contributed by atoms with Crippen LogP contribution in [0.25, 0.3) is 11.2 Å². The van der Waals surface area contributed by atoms with Gasteiger partial charge in [-0.2, -0.15) is 13.2 Å². The molecule has 0 atom stereocenters. The number of alkyl halides is 3. The highest BCUT2D eigenvalue weighted by molar-refractivity contribution is 6.39. The summed E-state index contributed by atoms with van der Waals surface area (Å²) in [6, 6.07) is 4.97. The van der Waals surface area contributed by atoms with E-state index < -0.39 is 23.4 Å². The molecule has 0 spiro atoms. The van der Waals surface area contributed by atoms with Crippen LogP contribution < -0.4 is 20.9 Å². The Bertz CT molecular complexity index is 1490. The lowest BCUT2D eigenvalue weighted by Crippen LogP contribution is -2.40. The molecule has 1 fully saturated rings. The summed E-state index contributed by atoms with van der Waals surface area (Å²) >= 11 is 13.2. The minimum Gasteiger partial charge on any atom is -0.356 e. The minimum absolute atomic E-state index is 0.0835. The number of piperidine rings is 1. The Morgan fingerprint density at radius 3 is 2.33 bits per heavy atom. The van der Waals surface area contributed by atoms with Crippen molar-refractivity contribution in [1.82, 2.24) is 25.2 Å². The van der Waals surface area contributed by atoms with Crippen LogP contribution in [0.3, 0.4) is 0 Å². The first-order chi connectivity index (χ1) is 19.6. The number of rotatable bonds is 7. The normalized spacial score (nSPS) is 14.8. The molecule has 3 aromatic rings. The molecular weight excluding hydrogens is 594 g/mol. The summed E-state index contributed by atoms with van der Waals surface area (Å²) < 4.78 is 41.5. The lowest BCUT2D eigenvalue weighted by Gasteiger charge is -2.34. The summed E-state index contributed by atoms with van der Waals surface area (Å²) in [4.78, 5) is 36.4. The van der Waals surface area contributed by atoms with E-state index in [1.807, 2.05) is 20.8 Å². The van der Waals surface area contributed by atoms with Gasteiger partial charge >= 0.3 is 6.18 Å². The number of hydrogen-bond acceptors (Lipinski definition) is 6. The van der Waals surface area contributed by atoms with Gasteiger partial charge in [-0.15, -0.1) is 0 Å². The smallest absolute Gasteiger partial charge is 0.356 e. The Kier molecular flexibility index (Phi) is 9.17. The first-order valence-electron chi connectivity index (χ1n) is 13.6. The largest absolute Gasteiger partial charge is 0.391 e. The van der Waals surface area contributed by atoms with Crippen LogP contribution >= 0.6 is 23.2 Å². The molecule has 0 bridgehead atoms. The molecule has 3 N–H and O–H groups in total. The van der Waals surface area contributed by atoms with Crippen molar-refractivity contribution in [1.29, 1.82) is 0 Å². The summed E-state index contributed by atoms with van der Waals surface area (Å²) in [6.45, 7) is 7.99. The van der Waals surface area contributed by atoms with E-state index in [2.05, 4.69) is 20.9 Å². The van der Waals surface area contributed by atoms with E-state index in [4.69, 9.17) is 28.2 Å². The lowest BCUT2D eigenvalue weighted by molar-refractivity contribution is -0.179. The first-order valence-corrected chi connectivity index (χ1v) is 14.4. The monoisotopic (exact) mass is 627 g/mol. The third-order valence-corrected chi connectivity index (χ3v) is 7.94. The summed E-state index contributed by atoms with van der Waals surface area (Å²) in [5.41, 5.74) is 1.49. The van der Waals surface area contributed by atoms with Crippen molar-refractivity contribution in [2.75, 3.05) is 29.9 Å². The molecule has 2 amide bonds.